The molecule has 16 nitrogen and oxygen atoms in total. The van der Waals surface area contributed by atoms with Crippen LogP contribution in [0.3, 0.4) is 0 Å². The van der Waals surface area contributed by atoms with Gasteiger partial charge < -0.3 is 48.2 Å². The number of hydrogen-bond donors (Lipinski definition) is 1. The van der Waals surface area contributed by atoms with Crippen molar-refractivity contribution < 1.29 is 52.7 Å². The molecule has 1 aromatic rings. The van der Waals surface area contributed by atoms with E-state index in [9.17, 15) is 19.7 Å². The van der Waals surface area contributed by atoms with E-state index in [1.165, 1.54) is 0 Å². The molecule has 16 heteroatoms. The summed E-state index contributed by atoms with van der Waals surface area (Å²) in [6.07, 6.45) is 6.84. The van der Waals surface area contributed by atoms with Gasteiger partial charge in [-0.15, -0.1) is 10.1 Å². The lowest BCUT2D eigenvalue weighted by Crippen LogP contribution is -2.56. The van der Waals surface area contributed by atoms with Gasteiger partial charge in [-0.3, -0.25) is 9.69 Å². The summed E-state index contributed by atoms with van der Waals surface area (Å²) in [6, 6.07) is 8.69. The molecule has 0 radical (unpaired) electrons. The van der Waals surface area contributed by atoms with Crippen molar-refractivity contribution in [2.45, 2.75) is 94.7 Å². The minimum atomic E-state index is -0.857. The van der Waals surface area contributed by atoms with Gasteiger partial charge in [-0.25, -0.2) is 4.79 Å². The van der Waals surface area contributed by atoms with Crippen molar-refractivity contribution in [2.24, 2.45) is 17.8 Å². The Bertz CT molecular complexity index is 1350. The molecule has 2 aliphatic heterocycles. The van der Waals surface area contributed by atoms with E-state index in [-0.39, 0.29) is 61.6 Å². The summed E-state index contributed by atoms with van der Waals surface area (Å²) in [7, 11) is 5.11. The Kier molecular flexibility index (Phi) is 19.0. The van der Waals surface area contributed by atoms with Crippen molar-refractivity contribution in [2.75, 3.05) is 100 Å². The summed E-state index contributed by atoms with van der Waals surface area (Å²) in [5.41, 5.74) is 2.10. The molecular weight excluding hydrogens is 740 g/mol. The minimum absolute atomic E-state index is 0.0226. The highest BCUT2D eigenvalue weighted by Crippen LogP contribution is 2.38. The lowest BCUT2D eigenvalue weighted by molar-refractivity contribution is -0.757. The molecule has 0 bridgehead atoms. The van der Waals surface area contributed by atoms with Gasteiger partial charge >= 0.3 is 6.09 Å². The van der Waals surface area contributed by atoms with Crippen molar-refractivity contribution in [3.05, 3.63) is 45.5 Å². The maximum Gasteiger partial charge on any atom is 0.409 e. The van der Waals surface area contributed by atoms with Crippen LogP contribution in [0.5, 0.6) is 0 Å². The maximum atomic E-state index is 13.6. The van der Waals surface area contributed by atoms with Crippen molar-refractivity contribution in [1.82, 2.24) is 15.1 Å². The Labute approximate surface area is 337 Å². The molecule has 322 valence electrons. The molecular formula is C41H66N4O12. The fraction of sp³-hybridized carbons (Fsp3) is 0.805. The molecule has 2 saturated carbocycles. The number of methoxy groups -OCH3 is 3. The smallest absolute Gasteiger partial charge is 0.409 e. The molecule has 5 rings (SSSR count). The Morgan fingerprint density at radius 3 is 2.46 bits per heavy atom. The molecule has 6 unspecified atom stereocenters. The minimum Gasteiger partial charge on any atom is -0.449 e. The van der Waals surface area contributed by atoms with Crippen LogP contribution < -0.4 is 5.32 Å². The van der Waals surface area contributed by atoms with Crippen molar-refractivity contribution in [3.8, 4) is 0 Å². The second kappa shape index (κ2) is 24.1. The highest BCUT2D eigenvalue weighted by atomic mass is 16.9. The largest absolute Gasteiger partial charge is 0.449 e. The van der Waals surface area contributed by atoms with E-state index in [0.717, 1.165) is 88.8 Å². The van der Waals surface area contributed by atoms with E-state index in [0.29, 0.717) is 58.0 Å². The lowest BCUT2D eigenvalue weighted by Gasteiger charge is -2.47. The zero-order valence-electron chi connectivity index (χ0n) is 34.2. The van der Waals surface area contributed by atoms with Crippen LogP contribution in [-0.2, 0) is 49.4 Å². The van der Waals surface area contributed by atoms with Gasteiger partial charge in [-0.2, -0.15) is 0 Å². The Morgan fingerprint density at radius 2 is 1.72 bits per heavy atom. The second-order valence-electron chi connectivity index (χ2n) is 15.9. The molecule has 6 atom stereocenters. The summed E-state index contributed by atoms with van der Waals surface area (Å²) < 4.78 is 40.6. The quantitative estimate of drug-likeness (QED) is 0.101. The van der Waals surface area contributed by atoms with Gasteiger partial charge in [0.1, 0.15) is 0 Å². The summed E-state index contributed by atoms with van der Waals surface area (Å²) in [5.74, 6) is -0.0598. The SMILES string of the molecule is COCCCN1CCOC2CCC(COC3CN(C(=O)OCCCO[N+](=O)[O-])CC(CNC(=O)C4CCC(OC)CC4)C3c3ccc(COCCOC)cc3)CC21. The van der Waals surface area contributed by atoms with E-state index >= 15 is 0 Å². The van der Waals surface area contributed by atoms with Crippen molar-refractivity contribution >= 4 is 12.0 Å². The van der Waals surface area contributed by atoms with Crippen LogP contribution in [-0.4, -0.2) is 152 Å². The standard InChI is InChI=1S/C41H66N4O12/c1-50-18-4-16-43-17-21-54-37-15-8-31(24-36(37)43)29-56-38-27-44(41(47)55-19-5-20-57-45(48)49)26-34(25-42-40(46)33-11-13-35(52-3)14-12-33)39(38)32-9-6-30(7-10-32)28-53-23-22-51-2/h6-7,9-10,31,33-39H,4-5,8,11-29H2,1-3H3,(H,42,46). The third-order valence-electron chi connectivity index (χ3n) is 12.1. The lowest BCUT2D eigenvalue weighted by atomic mass is 9.77. The van der Waals surface area contributed by atoms with Crippen LogP contribution in [0.2, 0.25) is 0 Å². The molecule has 4 aliphatic rings. The molecule has 2 saturated heterocycles. The first-order chi connectivity index (χ1) is 27.8. The predicted octanol–water partition coefficient (Wildman–Crippen LogP) is 4.21. The first-order valence-electron chi connectivity index (χ1n) is 20.9. The number of carbonyl (C=O) groups excluding carboxylic acids is 2. The van der Waals surface area contributed by atoms with Gasteiger partial charge in [0.2, 0.25) is 5.91 Å². The number of nitrogens with one attached hydrogen (secondary N) is 1. The Hall–Kier alpha value is -3.12. The van der Waals surface area contributed by atoms with Gasteiger partial charge in [0.25, 0.3) is 5.09 Å². The Morgan fingerprint density at radius 1 is 0.930 bits per heavy atom. The summed E-state index contributed by atoms with van der Waals surface area (Å²) in [6.45, 7) is 6.18. The van der Waals surface area contributed by atoms with Crippen LogP contribution in [0, 0.1) is 27.9 Å². The number of benzene rings is 1. The van der Waals surface area contributed by atoms with Crippen molar-refractivity contribution in [3.63, 3.8) is 0 Å². The number of piperidine rings is 1. The average molecular weight is 807 g/mol. The molecule has 2 amide bonds. The van der Waals surface area contributed by atoms with E-state index in [1.807, 2.05) is 0 Å². The second-order valence-corrected chi connectivity index (χ2v) is 15.9. The zero-order chi connectivity index (χ0) is 40.4. The number of amides is 2. The Balaban J connectivity index is 1.33. The zero-order valence-corrected chi connectivity index (χ0v) is 34.2. The fourth-order valence-electron chi connectivity index (χ4n) is 9.01. The van der Waals surface area contributed by atoms with Gasteiger partial charge in [0.15, 0.2) is 0 Å². The van der Waals surface area contributed by atoms with E-state index in [4.69, 9.17) is 33.2 Å². The van der Waals surface area contributed by atoms with E-state index in [2.05, 4.69) is 39.3 Å². The molecule has 4 fully saturated rings. The van der Waals surface area contributed by atoms with E-state index < -0.39 is 11.2 Å². The van der Waals surface area contributed by atoms with Gasteiger partial charge in [0, 0.05) is 90.9 Å². The number of ether oxygens (including phenoxy) is 7. The van der Waals surface area contributed by atoms with Crippen LogP contribution in [0.25, 0.3) is 0 Å². The fourth-order valence-corrected chi connectivity index (χ4v) is 9.01. The van der Waals surface area contributed by atoms with Gasteiger partial charge in [0.05, 0.1) is 64.5 Å². The van der Waals surface area contributed by atoms with Crippen LogP contribution in [0.4, 0.5) is 4.79 Å². The number of hydrogen-bond acceptors (Lipinski definition) is 13. The average Bonchev–Trinajstić information content (AvgIpc) is 3.23. The van der Waals surface area contributed by atoms with Gasteiger partial charge in [-0.1, -0.05) is 24.3 Å². The normalized spacial score (nSPS) is 28.0. The number of fused-ring (bicyclic) bond motifs is 1. The third-order valence-corrected chi connectivity index (χ3v) is 12.1. The van der Waals surface area contributed by atoms with Crippen LogP contribution >= 0.6 is 0 Å². The first kappa shape index (κ1) is 45.0. The number of carbonyl (C=O) groups is 2. The first-order valence-corrected chi connectivity index (χ1v) is 20.9. The maximum absolute atomic E-state index is 13.6. The summed E-state index contributed by atoms with van der Waals surface area (Å²) in [5, 5.41) is 13.0. The third kappa shape index (κ3) is 14.0. The molecule has 0 aromatic heterocycles. The summed E-state index contributed by atoms with van der Waals surface area (Å²) >= 11 is 0. The predicted molar refractivity (Wildman–Crippen MR) is 209 cm³/mol. The molecule has 2 heterocycles. The molecule has 57 heavy (non-hydrogen) atoms. The highest BCUT2D eigenvalue weighted by Gasteiger charge is 2.43. The molecule has 1 N–H and O–H groups in total. The molecule has 1 aromatic carbocycles. The number of likely N-dealkylation sites (tertiary alicyclic amines) is 1. The topological polar surface area (TPSA) is 170 Å². The highest BCUT2D eigenvalue weighted by molar-refractivity contribution is 5.78. The number of nitrogens with zero attached hydrogens (tertiary/aromatic N) is 3. The van der Waals surface area contributed by atoms with E-state index in [1.54, 1.807) is 26.2 Å². The molecule has 0 spiro atoms. The monoisotopic (exact) mass is 806 g/mol. The van der Waals surface area contributed by atoms with Gasteiger partial charge in [-0.05, 0) is 68.4 Å². The number of rotatable bonds is 22. The van der Waals surface area contributed by atoms with Crippen LogP contribution in [0.15, 0.2) is 24.3 Å². The summed E-state index contributed by atoms with van der Waals surface area (Å²) in [4.78, 5) is 46.4. The number of morpholine rings is 1. The van der Waals surface area contributed by atoms with Crippen LogP contribution in [0.1, 0.15) is 74.8 Å². The van der Waals surface area contributed by atoms with Crippen molar-refractivity contribution in [1.29, 1.82) is 0 Å². The molecule has 2 aliphatic carbocycles.